The Morgan fingerprint density at radius 1 is 1.25 bits per heavy atom. The average molecular weight is 443 g/mol. The Morgan fingerprint density at radius 2 is 2.04 bits per heavy atom. The predicted octanol–water partition coefficient (Wildman–Crippen LogP) is 3.73. The van der Waals surface area contributed by atoms with Crippen LogP contribution < -0.4 is 5.32 Å². The van der Waals surface area contributed by atoms with Crippen LogP contribution >= 0.6 is 23.1 Å². The first kappa shape index (κ1) is 21.3. The molecule has 0 aliphatic carbocycles. The summed E-state index contributed by atoms with van der Waals surface area (Å²) in [6, 6.07) is 9.31. The summed E-state index contributed by atoms with van der Waals surface area (Å²) in [5.74, 6) is -0.172. The van der Waals surface area contributed by atoms with E-state index in [0.717, 1.165) is 24.2 Å². The number of amides is 1. The third-order valence-corrected chi connectivity index (χ3v) is 8.95. The molecule has 152 valence electrons. The second kappa shape index (κ2) is 9.87. The molecule has 1 unspecified atom stereocenters. The molecule has 0 saturated carbocycles. The molecular formula is C19H23FN2O3S3. The minimum atomic E-state index is -3.46. The molecular weight excluding hydrogens is 419 g/mol. The summed E-state index contributed by atoms with van der Waals surface area (Å²) < 4.78 is 40.6. The number of carbonyl (C=O) groups is 1. The number of nitrogens with zero attached hydrogens (tertiary/aromatic N) is 1. The van der Waals surface area contributed by atoms with E-state index in [-0.39, 0.29) is 23.5 Å². The van der Waals surface area contributed by atoms with E-state index >= 15 is 0 Å². The lowest BCUT2D eigenvalue weighted by Crippen LogP contribution is -2.45. The molecule has 2 aromatic rings. The fourth-order valence-corrected chi connectivity index (χ4v) is 6.79. The molecule has 9 heteroatoms. The zero-order valence-corrected chi connectivity index (χ0v) is 17.8. The van der Waals surface area contributed by atoms with Gasteiger partial charge in [-0.1, -0.05) is 12.5 Å². The summed E-state index contributed by atoms with van der Waals surface area (Å²) in [7, 11) is -3.46. The van der Waals surface area contributed by atoms with E-state index in [2.05, 4.69) is 5.32 Å². The van der Waals surface area contributed by atoms with Crippen LogP contribution in [-0.2, 0) is 14.8 Å². The quantitative estimate of drug-likeness (QED) is 0.633. The number of thiophene rings is 1. The van der Waals surface area contributed by atoms with Crippen LogP contribution in [0.15, 0.2) is 50.9 Å². The van der Waals surface area contributed by atoms with E-state index in [1.165, 1.54) is 35.2 Å². The zero-order chi connectivity index (χ0) is 20.0. The monoisotopic (exact) mass is 442 g/mol. The smallest absolute Gasteiger partial charge is 0.252 e. The molecule has 0 spiro atoms. The van der Waals surface area contributed by atoms with Crippen molar-refractivity contribution in [3.05, 3.63) is 47.6 Å². The van der Waals surface area contributed by atoms with Crippen LogP contribution in [0.2, 0.25) is 0 Å². The second-order valence-corrected chi connectivity index (χ2v) is 10.7. The highest BCUT2D eigenvalue weighted by atomic mass is 32.2. The summed E-state index contributed by atoms with van der Waals surface area (Å²) in [6.07, 6.45) is 3.26. The van der Waals surface area contributed by atoms with Gasteiger partial charge in [-0.25, -0.2) is 12.8 Å². The maximum atomic E-state index is 12.9. The standard InChI is InChI=1S/C19H23FN2O3S3/c20-15-6-8-17(9-7-15)27-14-18(23)21-11-10-16-4-1-2-12-22(16)28(24,25)19-5-3-13-26-19/h3,5-9,13,16H,1-2,4,10-12,14H2,(H,21,23). The normalized spacial score (nSPS) is 18.1. The highest BCUT2D eigenvalue weighted by molar-refractivity contribution is 8.00. The van der Waals surface area contributed by atoms with Crippen LogP contribution in [0.4, 0.5) is 4.39 Å². The molecule has 0 bridgehead atoms. The largest absolute Gasteiger partial charge is 0.355 e. The van der Waals surface area contributed by atoms with E-state index in [1.54, 1.807) is 34.0 Å². The molecule has 3 rings (SSSR count). The van der Waals surface area contributed by atoms with Gasteiger partial charge in [-0.3, -0.25) is 4.79 Å². The van der Waals surface area contributed by atoms with Gasteiger partial charge in [0.2, 0.25) is 5.91 Å². The molecule has 1 aliphatic rings. The first-order valence-corrected chi connectivity index (χ1v) is 12.5. The Balaban J connectivity index is 1.48. The third kappa shape index (κ3) is 5.56. The van der Waals surface area contributed by atoms with Crippen molar-refractivity contribution < 1.29 is 17.6 Å². The summed E-state index contributed by atoms with van der Waals surface area (Å²) in [5, 5.41) is 4.63. The van der Waals surface area contributed by atoms with Crippen molar-refractivity contribution in [1.29, 1.82) is 0 Å². The molecule has 5 nitrogen and oxygen atoms in total. The van der Waals surface area contributed by atoms with Gasteiger partial charge >= 0.3 is 0 Å². The van der Waals surface area contributed by atoms with Crippen molar-refractivity contribution in [3.8, 4) is 0 Å². The van der Waals surface area contributed by atoms with Gasteiger partial charge in [-0.15, -0.1) is 23.1 Å². The van der Waals surface area contributed by atoms with Crippen LogP contribution in [0, 0.1) is 5.82 Å². The van der Waals surface area contributed by atoms with Gasteiger partial charge in [0.05, 0.1) is 5.75 Å². The van der Waals surface area contributed by atoms with Gasteiger partial charge in [0.1, 0.15) is 10.0 Å². The maximum Gasteiger partial charge on any atom is 0.252 e. The fraction of sp³-hybridized carbons (Fsp3) is 0.421. The Morgan fingerprint density at radius 3 is 2.75 bits per heavy atom. The average Bonchev–Trinajstić information content (AvgIpc) is 3.24. The van der Waals surface area contributed by atoms with E-state index in [9.17, 15) is 17.6 Å². The highest BCUT2D eigenvalue weighted by Crippen LogP contribution is 2.29. The molecule has 28 heavy (non-hydrogen) atoms. The number of hydrogen-bond donors (Lipinski definition) is 1. The maximum absolute atomic E-state index is 12.9. The first-order chi connectivity index (χ1) is 13.5. The van der Waals surface area contributed by atoms with Crippen molar-refractivity contribution in [2.24, 2.45) is 0 Å². The summed E-state index contributed by atoms with van der Waals surface area (Å²) in [4.78, 5) is 12.9. The Kier molecular flexibility index (Phi) is 7.50. The van der Waals surface area contributed by atoms with Gasteiger partial charge in [-0.2, -0.15) is 4.31 Å². The van der Waals surface area contributed by atoms with Crippen molar-refractivity contribution in [3.63, 3.8) is 0 Å². The third-order valence-electron chi connectivity index (χ3n) is 4.61. The molecule has 0 radical (unpaired) electrons. The molecule has 1 aliphatic heterocycles. The van der Waals surface area contributed by atoms with Crippen molar-refractivity contribution in [1.82, 2.24) is 9.62 Å². The molecule has 1 atom stereocenters. The highest BCUT2D eigenvalue weighted by Gasteiger charge is 2.33. The van der Waals surface area contributed by atoms with Crippen molar-refractivity contribution in [2.45, 2.75) is 40.8 Å². The number of benzene rings is 1. The summed E-state index contributed by atoms with van der Waals surface area (Å²) in [6.45, 7) is 0.962. The topological polar surface area (TPSA) is 66.5 Å². The lowest BCUT2D eigenvalue weighted by molar-refractivity contribution is -0.118. The lowest BCUT2D eigenvalue weighted by Gasteiger charge is -2.34. The van der Waals surface area contributed by atoms with Crippen LogP contribution in [0.25, 0.3) is 0 Å². The zero-order valence-electron chi connectivity index (χ0n) is 15.3. The minimum absolute atomic E-state index is 0.0918. The minimum Gasteiger partial charge on any atom is -0.355 e. The van der Waals surface area contributed by atoms with E-state index in [4.69, 9.17) is 0 Å². The summed E-state index contributed by atoms with van der Waals surface area (Å²) >= 11 is 2.58. The second-order valence-electron chi connectivity index (χ2n) is 6.58. The van der Waals surface area contributed by atoms with E-state index < -0.39 is 10.0 Å². The SMILES string of the molecule is O=C(CSc1ccc(F)cc1)NCCC1CCCCN1S(=O)(=O)c1cccs1. The number of nitrogens with one attached hydrogen (secondary N) is 1. The number of thioether (sulfide) groups is 1. The van der Waals surface area contributed by atoms with Gasteiger partial charge < -0.3 is 5.32 Å². The molecule has 1 aromatic heterocycles. The lowest BCUT2D eigenvalue weighted by atomic mass is 10.0. The van der Waals surface area contributed by atoms with Gasteiger partial charge in [0.15, 0.2) is 0 Å². The number of hydrogen-bond acceptors (Lipinski definition) is 5. The van der Waals surface area contributed by atoms with Crippen LogP contribution in [0.1, 0.15) is 25.7 Å². The predicted molar refractivity (Wildman–Crippen MR) is 111 cm³/mol. The summed E-state index contributed by atoms with van der Waals surface area (Å²) in [5.41, 5.74) is 0. The Bertz CT molecular complexity index is 870. The number of halogens is 1. The van der Waals surface area contributed by atoms with Gasteiger partial charge in [-0.05, 0) is 55.0 Å². The Hall–Kier alpha value is -1.42. The first-order valence-electron chi connectivity index (χ1n) is 9.17. The molecule has 1 aromatic carbocycles. The molecule has 1 fully saturated rings. The molecule has 1 saturated heterocycles. The number of piperidine rings is 1. The van der Waals surface area contributed by atoms with Gasteiger partial charge in [0.25, 0.3) is 10.0 Å². The van der Waals surface area contributed by atoms with Crippen molar-refractivity contribution in [2.75, 3.05) is 18.8 Å². The molecule has 1 amide bonds. The van der Waals surface area contributed by atoms with Crippen LogP contribution in [0.3, 0.4) is 0 Å². The number of sulfonamides is 1. The van der Waals surface area contributed by atoms with Gasteiger partial charge in [0, 0.05) is 24.0 Å². The van der Waals surface area contributed by atoms with Crippen LogP contribution in [0.5, 0.6) is 0 Å². The van der Waals surface area contributed by atoms with Crippen LogP contribution in [-0.4, -0.2) is 43.5 Å². The van der Waals surface area contributed by atoms with E-state index in [1.807, 2.05) is 0 Å². The Labute approximate surface area is 173 Å². The fourth-order valence-electron chi connectivity index (χ4n) is 3.21. The molecule has 2 heterocycles. The number of rotatable bonds is 8. The van der Waals surface area contributed by atoms with E-state index in [0.29, 0.717) is 23.7 Å². The van der Waals surface area contributed by atoms with Crippen molar-refractivity contribution >= 4 is 39.0 Å². The molecule has 1 N–H and O–H groups in total. The number of carbonyl (C=O) groups excluding carboxylic acids is 1.